The van der Waals surface area contributed by atoms with Gasteiger partial charge in [-0.2, -0.15) is 5.10 Å². The number of ether oxygens (including phenoxy) is 1. The van der Waals surface area contributed by atoms with Crippen molar-refractivity contribution >= 4 is 11.6 Å². The highest BCUT2D eigenvalue weighted by atomic mass is 16.5. The number of aromatic nitrogens is 2. The normalized spacial score (nSPS) is 14.9. The van der Waals surface area contributed by atoms with E-state index in [2.05, 4.69) is 51.4 Å². The molecule has 1 N–H and O–H groups in total. The second-order valence-electron chi connectivity index (χ2n) is 9.27. The fraction of sp³-hybridized carbons (Fsp3) is 0.393. The van der Waals surface area contributed by atoms with Crippen molar-refractivity contribution in [2.45, 2.75) is 32.9 Å². The van der Waals surface area contributed by atoms with Gasteiger partial charge in [-0.15, -0.1) is 0 Å². The standard InChI is InChI=1S/C28H35N5O3/c1-22-7-6-8-24(21-22)32-17-15-31(16-18-32)14-13-23(2)29-28(35)26-11-12-27(34)33(30-26)19-20-36-25-9-4-3-5-10-25/h3-12,21,23H,13-20H2,1-2H3,(H,29,35). The summed E-state index contributed by atoms with van der Waals surface area (Å²) in [4.78, 5) is 29.8. The van der Waals surface area contributed by atoms with Crippen molar-refractivity contribution in [2.24, 2.45) is 0 Å². The minimum Gasteiger partial charge on any atom is -0.492 e. The minimum absolute atomic E-state index is 0.00380. The third-order valence-electron chi connectivity index (χ3n) is 6.41. The maximum absolute atomic E-state index is 12.8. The quantitative estimate of drug-likeness (QED) is 0.472. The van der Waals surface area contributed by atoms with E-state index >= 15 is 0 Å². The molecule has 1 amide bonds. The summed E-state index contributed by atoms with van der Waals surface area (Å²) in [5, 5.41) is 7.27. The van der Waals surface area contributed by atoms with Gasteiger partial charge in [0.2, 0.25) is 0 Å². The molecule has 1 aliphatic rings. The first-order chi connectivity index (χ1) is 17.5. The first kappa shape index (κ1) is 25.4. The first-order valence-electron chi connectivity index (χ1n) is 12.6. The molecule has 2 aromatic carbocycles. The highest BCUT2D eigenvalue weighted by Gasteiger charge is 2.19. The van der Waals surface area contributed by atoms with Crippen LogP contribution in [0.2, 0.25) is 0 Å². The van der Waals surface area contributed by atoms with Crippen LogP contribution in [-0.4, -0.2) is 66.0 Å². The second-order valence-corrected chi connectivity index (χ2v) is 9.27. The summed E-state index contributed by atoms with van der Waals surface area (Å²) < 4.78 is 6.92. The Morgan fingerprint density at radius 3 is 2.53 bits per heavy atom. The van der Waals surface area contributed by atoms with E-state index in [0.29, 0.717) is 0 Å². The van der Waals surface area contributed by atoms with Gasteiger partial charge >= 0.3 is 0 Å². The van der Waals surface area contributed by atoms with E-state index in [-0.39, 0.29) is 36.4 Å². The molecule has 8 heteroatoms. The highest BCUT2D eigenvalue weighted by molar-refractivity contribution is 5.92. The molecule has 0 aliphatic carbocycles. The van der Waals surface area contributed by atoms with Gasteiger partial charge in [0.15, 0.2) is 0 Å². The van der Waals surface area contributed by atoms with Gasteiger partial charge in [0.1, 0.15) is 18.1 Å². The van der Waals surface area contributed by atoms with Crippen molar-refractivity contribution in [3.8, 4) is 5.75 Å². The summed E-state index contributed by atoms with van der Waals surface area (Å²) >= 11 is 0. The molecule has 1 aliphatic heterocycles. The lowest BCUT2D eigenvalue weighted by molar-refractivity contribution is 0.0927. The van der Waals surface area contributed by atoms with Gasteiger partial charge in [-0.05, 0) is 56.2 Å². The number of nitrogens with zero attached hydrogens (tertiary/aromatic N) is 4. The molecule has 0 radical (unpaired) electrons. The van der Waals surface area contributed by atoms with Crippen molar-refractivity contribution in [1.29, 1.82) is 0 Å². The Labute approximate surface area is 212 Å². The molecule has 1 atom stereocenters. The fourth-order valence-corrected chi connectivity index (χ4v) is 4.30. The third-order valence-corrected chi connectivity index (χ3v) is 6.41. The van der Waals surface area contributed by atoms with Crippen molar-refractivity contribution < 1.29 is 9.53 Å². The molecule has 4 rings (SSSR count). The zero-order valence-corrected chi connectivity index (χ0v) is 21.1. The number of carbonyl (C=O) groups is 1. The molecule has 3 aromatic rings. The maximum Gasteiger partial charge on any atom is 0.271 e. The van der Waals surface area contributed by atoms with E-state index in [1.165, 1.54) is 28.1 Å². The third kappa shape index (κ3) is 7.18. The van der Waals surface area contributed by atoms with Crippen LogP contribution in [0.3, 0.4) is 0 Å². The molecule has 1 saturated heterocycles. The van der Waals surface area contributed by atoms with Crippen LogP contribution in [0.1, 0.15) is 29.4 Å². The van der Waals surface area contributed by atoms with Crippen molar-refractivity contribution in [3.05, 3.63) is 88.3 Å². The van der Waals surface area contributed by atoms with Gasteiger partial charge in [-0.25, -0.2) is 4.68 Å². The lowest BCUT2D eigenvalue weighted by atomic mass is 10.1. The van der Waals surface area contributed by atoms with E-state index in [0.717, 1.165) is 44.9 Å². The predicted octanol–water partition coefficient (Wildman–Crippen LogP) is 2.96. The smallest absolute Gasteiger partial charge is 0.271 e. The number of rotatable bonds is 10. The lowest BCUT2D eigenvalue weighted by Gasteiger charge is -2.36. The topological polar surface area (TPSA) is 79.7 Å². The van der Waals surface area contributed by atoms with Crippen LogP contribution in [-0.2, 0) is 6.54 Å². The zero-order valence-electron chi connectivity index (χ0n) is 21.1. The summed E-state index contributed by atoms with van der Waals surface area (Å²) in [6.07, 6.45) is 0.848. The summed E-state index contributed by atoms with van der Waals surface area (Å²) in [6.45, 7) is 9.62. The van der Waals surface area contributed by atoms with E-state index < -0.39 is 0 Å². The Morgan fingerprint density at radius 2 is 1.78 bits per heavy atom. The largest absolute Gasteiger partial charge is 0.492 e. The number of hydrogen-bond acceptors (Lipinski definition) is 6. The molecule has 1 fully saturated rings. The van der Waals surface area contributed by atoms with Gasteiger partial charge < -0.3 is 15.0 Å². The number of amides is 1. The molecule has 190 valence electrons. The van der Waals surface area contributed by atoms with Gasteiger partial charge in [0.05, 0.1) is 6.54 Å². The van der Waals surface area contributed by atoms with Crippen molar-refractivity contribution in [2.75, 3.05) is 44.2 Å². The van der Waals surface area contributed by atoms with E-state index in [1.54, 1.807) is 0 Å². The molecule has 1 aromatic heterocycles. The number of para-hydroxylation sites is 1. The molecule has 8 nitrogen and oxygen atoms in total. The minimum atomic E-state index is -0.274. The van der Waals surface area contributed by atoms with Crippen molar-refractivity contribution in [3.63, 3.8) is 0 Å². The Kier molecular flexibility index (Phi) is 8.73. The average Bonchev–Trinajstić information content (AvgIpc) is 2.89. The van der Waals surface area contributed by atoms with Crippen LogP contribution in [0.25, 0.3) is 0 Å². The van der Waals surface area contributed by atoms with E-state index in [4.69, 9.17) is 4.74 Å². The van der Waals surface area contributed by atoms with E-state index in [1.807, 2.05) is 37.3 Å². The number of aryl methyl sites for hydroxylation is 1. The van der Waals surface area contributed by atoms with Gasteiger partial charge in [0.25, 0.3) is 11.5 Å². The number of carbonyl (C=O) groups excluding carboxylic acids is 1. The maximum atomic E-state index is 12.8. The molecule has 2 heterocycles. The molecule has 36 heavy (non-hydrogen) atoms. The molecule has 0 spiro atoms. The van der Waals surface area contributed by atoms with Crippen LogP contribution in [0.5, 0.6) is 5.75 Å². The Morgan fingerprint density at radius 1 is 1.00 bits per heavy atom. The Hall–Kier alpha value is -3.65. The van der Waals surface area contributed by atoms with Crippen LogP contribution < -0.4 is 20.5 Å². The molecular formula is C28H35N5O3. The monoisotopic (exact) mass is 489 g/mol. The predicted molar refractivity (Wildman–Crippen MR) is 142 cm³/mol. The molecule has 0 saturated carbocycles. The summed E-state index contributed by atoms with van der Waals surface area (Å²) in [5.41, 5.74) is 2.54. The van der Waals surface area contributed by atoms with Gasteiger partial charge in [0, 0.05) is 50.5 Å². The van der Waals surface area contributed by atoms with Gasteiger partial charge in [-0.3, -0.25) is 14.5 Å². The molecule has 1 unspecified atom stereocenters. The fourth-order valence-electron chi connectivity index (χ4n) is 4.30. The van der Waals surface area contributed by atoms with Crippen LogP contribution in [0.15, 0.2) is 71.5 Å². The van der Waals surface area contributed by atoms with Crippen LogP contribution in [0, 0.1) is 6.92 Å². The van der Waals surface area contributed by atoms with Gasteiger partial charge in [-0.1, -0.05) is 30.3 Å². The molecule has 0 bridgehead atoms. The first-order valence-corrected chi connectivity index (χ1v) is 12.6. The summed E-state index contributed by atoms with van der Waals surface area (Å²) in [6, 6.07) is 20.9. The summed E-state index contributed by atoms with van der Waals surface area (Å²) in [7, 11) is 0. The number of anilines is 1. The highest BCUT2D eigenvalue weighted by Crippen LogP contribution is 2.18. The van der Waals surface area contributed by atoms with Crippen molar-refractivity contribution in [1.82, 2.24) is 20.0 Å². The number of hydrogen-bond donors (Lipinski definition) is 1. The Balaban J connectivity index is 1.21. The van der Waals surface area contributed by atoms with Crippen LogP contribution in [0.4, 0.5) is 5.69 Å². The second kappa shape index (κ2) is 12.4. The molecular weight excluding hydrogens is 454 g/mol. The zero-order chi connectivity index (χ0) is 25.3. The number of benzene rings is 2. The number of nitrogens with one attached hydrogen (secondary N) is 1. The summed E-state index contributed by atoms with van der Waals surface area (Å²) in [5.74, 6) is 0.453. The SMILES string of the molecule is Cc1cccc(N2CCN(CCC(C)NC(=O)c3ccc(=O)n(CCOc4ccccc4)n3)CC2)c1. The van der Waals surface area contributed by atoms with Crippen LogP contribution >= 0.6 is 0 Å². The van der Waals surface area contributed by atoms with E-state index in [9.17, 15) is 9.59 Å². The Bertz CT molecular complexity index is 1190. The lowest BCUT2D eigenvalue weighted by Crippen LogP contribution is -2.47. The number of piperazine rings is 1. The average molecular weight is 490 g/mol.